The van der Waals surface area contributed by atoms with E-state index in [0.29, 0.717) is 19.0 Å². The van der Waals surface area contributed by atoms with Crippen molar-refractivity contribution in [2.75, 3.05) is 58.7 Å². The van der Waals surface area contributed by atoms with Crippen LogP contribution in [-0.2, 0) is 14.8 Å². The van der Waals surface area contributed by atoms with E-state index >= 15 is 0 Å². The second-order valence-corrected chi connectivity index (χ2v) is 8.16. The summed E-state index contributed by atoms with van der Waals surface area (Å²) < 4.78 is 30.6. The van der Waals surface area contributed by atoms with Gasteiger partial charge in [0.05, 0.1) is 19.0 Å². The molecule has 8 nitrogen and oxygen atoms in total. The van der Waals surface area contributed by atoms with E-state index in [4.69, 9.17) is 4.74 Å². The molecule has 1 aliphatic heterocycles. The van der Waals surface area contributed by atoms with Crippen molar-refractivity contribution in [2.24, 2.45) is 4.99 Å². The molecule has 0 unspecified atom stereocenters. The minimum Gasteiger partial charge on any atom is -0.379 e. The molecule has 1 heterocycles. The molecule has 1 fully saturated rings. The van der Waals surface area contributed by atoms with Gasteiger partial charge in [0.25, 0.3) is 0 Å². The van der Waals surface area contributed by atoms with Crippen LogP contribution in [0.4, 0.5) is 0 Å². The lowest BCUT2D eigenvalue weighted by Crippen LogP contribution is -2.56. The van der Waals surface area contributed by atoms with Crippen molar-refractivity contribution in [2.45, 2.75) is 26.3 Å². The maximum Gasteiger partial charge on any atom is 0.211 e. The molecule has 1 aliphatic rings. The topological polar surface area (TPSA) is 95.1 Å². The Labute approximate surface area is 163 Å². The zero-order valence-electron chi connectivity index (χ0n) is 15.1. The van der Waals surface area contributed by atoms with Crippen molar-refractivity contribution >= 4 is 40.0 Å². The summed E-state index contributed by atoms with van der Waals surface area (Å²) in [6, 6.07) is 0. The van der Waals surface area contributed by atoms with Crippen LogP contribution in [0, 0.1) is 0 Å². The van der Waals surface area contributed by atoms with Gasteiger partial charge in [-0.05, 0) is 20.8 Å². The third-order valence-corrected chi connectivity index (χ3v) is 5.30. The summed E-state index contributed by atoms with van der Waals surface area (Å²) in [7, 11) is -1.44. The summed E-state index contributed by atoms with van der Waals surface area (Å²) >= 11 is 0. The van der Waals surface area contributed by atoms with Crippen LogP contribution in [0.2, 0.25) is 0 Å². The summed E-state index contributed by atoms with van der Waals surface area (Å²) in [5.41, 5.74) is -0.00873. The van der Waals surface area contributed by atoms with Crippen molar-refractivity contribution < 1.29 is 13.2 Å². The summed E-state index contributed by atoms with van der Waals surface area (Å²) in [4.78, 5) is 6.56. The molecule has 0 aromatic rings. The van der Waals surface area contributed by atoms with Gasteiger partial charge in [0.1, 0.15) is 0 Å². The van der Waals surface area contributed by atoms with Crippen LogP contribution in [0.1, 0.15) is 20.8 Å². The first-order chi connectivity index (χ1) is 10.8. The lowest BCUT2D eigenvalue weighted by Gasteiger charge is -2.41. The van der Waals surface area contributed by atoms with E-state index in [-0.39, 0.29) is 35.3 Å². The number of ether oxygens (including phenoxy) is 1. The number of morpholine rings is 1. The molecule has 0 spiro atoms. The first-order valence-corrected chi connectivity index (χ1v) is 9.70. The van der Waals surface area contributed by atoms with E-state index < -0.39 is 10.0 Å². The number of aliphatic imine (C=N–C) groups is 1. The SMILES string of the molecule is CCS(=O)(=O)NCCNC(=NC)NCC(C)(C)N1CCOCC1.I. The second-order valence-electron chi connectivity index (χ2n) is 6.06. The minimum absolute atomic E-state index is 0. The Hall–Kier alpha value is -0.170. The number of nitrogens with one attached hydrogen (secondary N) is 3. The standard InChI is InChI=1S/C14H31N5O3S.HI/c1-5-23(20,21)18-7-6-16-13(15-4)17-12-14(2,3)19-8-10-22-11-9-19;/h18H,5-12H2,1-4H3,(H2,15,16,17);1H. The largest absolute Gasteiger partial charge is 0.379 e. The summed E-state index contributed by atoms with van der Waals surface area (Å²) in [6.45, 7) is 11.0. The Morgan fingerprint density at radius 3 is 2.38 bits per heavy atom. The first-order valence-electron chi connectivity index (χ1n) is 8.05. The van der Waals surface area contributed by atoms with E-state index in [2.05, 4.69) is 39.1 Å². The molecule has 0 amide bonds. The highest BCUT2D eigenvalue weighted by atomic mass is 127. The lowest BCUT2D eigenvalue weighted by atomic mass is 10.0. The van der Waals surface area contributed by atoms with Gasteiger partial charge in [-0.2, -0.15) is 0 Å². The fourth-order valence-corrected chi connectivity index (χ4v) is 2.91. The smallest absolute Gasteiger partial charge is 0.211 e. The first kappa shape index (κ1) is 23.8. The van der Waals surface area contributed by atoms with Crippen molar-refractivity contribution in [1.29, 1.82) is 0 Å². The summed E-state index contributed by atoms with van der Waals surface area (Å²) in [6.07, 6.45) is 0. The van der Waals surface area contributed by atoms with Gasteiger partial charge >= 0.3 is 0 Å². The van der Waals surface area contributed by atoms with Crippen LogP contribution in [0.5, 0.6) is 0 Å². The van der Waals surface area contributed by atoms with Crippen LogP contribution in [0.3, 0.4) is 0 Å². The Morgan fingerprint density at radius 1 is 1.21 bits per heavy atom. The number of rotatable bonds is 8. The van der Waals surface area contributed by atoms with Crippen molar-refractivity contribution in [3.8, 4) is 0 Å². The molecule has 1 rings (SSSR count). The van der Waals surface area contributed by atoms with Gasteiger partial charge in [-0.15, -0.1) is 24.0 Å². The second kappa shape index (κ2) is 11.4. The molecule has 0 saturated carbocycles. The van der Waals surface area contributed by atoms with Gasteiger partial charge in [0, 0.05) is 45.3 Å². The minimum atomic E-state index is -3.14. The third kappa shape index (κ3) is 8.79. The lowest BCUT2D eigenvalue weighted by molar-refractivity contribution is -0.00833. The normalized spacial score (nSPS) is 17.2. The zero-order chi connectivity index (χ0) is 17.3. The highest BCUT2D eigenvalue weighted by Gasteiger charge is 2.28. The average molecular weight is 477 g/mol. The predicted octanol–water partition coefficient (Wildman–Crippen LogP) is -0.180. The van der Waals surface area contributed by atoms with E-state index in [9.17, 15) is 8.42 Å². The Kier molecular flexibility index (Phi) is 11.4. The van der Waals surface area contributed by atoms with Crippen molar-refractivity contribution in [3.63, 3.8) is 0 Å². The van der Waals surface area contributed by atoms with Gasteiger partial charge < -0.3 is 15.4 Å². The molecule has 0 aromatic heterocycles. The van der Waals surface area contributed by atoms with Gasteiger partial charge in [0.2, 0.25) is 10.0 Å². The quantitative estimate of drug-likeness (QED) is 0.194. The average Bonchev–Trinajstić information content (AvgIpc) is 2.55. The zero-order valence-corrected chi connectivity index (χ0v) is 18.2. The molecule has 144 valence electrons. The van der Waals surface area contributed by atoms with Gasteiger partial charge in [-0.1, -0.05) is 0 Å². The van der Waals surface area contributed by atoms with E-state index in [1.54, 1.807) is 14.0 Å². The number of sulfonamides is 1. The van der Waals surface area contributed by atoms with Gasteiger partial charge in [-0.3, -0.25) is 9.89 Å². The maximum atomic E-state index is 11.3. The van der Waals surface area contributed by atoms with Crippen LogP contribution in [0.25, 0.3) is 0 Å². The fourth-order valence-electron chi connectivity index (χ4n) is 2.29. The number of guanidine groups is 1. The molecule has 0 atom stereocenters. The molecule has 0 bridgehead atoms. The number of hydrogen-bond acceptors (Lipinski definition) is 5. The molecule has 24 heavy (non-hydrogen) atoms. The van der Waals surface area contributed by atoms with Crippen LogP contribution in [0.15, 0.2) is 4.99 Å². The molecule has 10 heteroatoms. The van der Waals surface area contributed by atoms with E-state index in [1.807, 2.05) is 0 Å². The Bertz CT molecular complexity index is 479. The van der Waals surface area contributed by atoms with Gasteiger partial charge in [0.15, 0.2) is 5.96 Å². The number of halogens is 1. The van der Waals surface area contributed by atoms with Crippen LogP contribution >= 0.6 is 24.0 Å². The highest BCUT2D eigenvalue weighted by Crippen LogP contribution is 2.14. The number of nitrogens with zero attached hydrogens (tertiary/aromatic N) is 2. The highest BCUT2D eigenvalue weighted by molar-refractivity contribution is 14.0. The van der Waals surface area contributed by atoms with E-state index in [0.717, 1.165) is 32.8 Å². The molecule has 0 aliphatic carbocycles. The fraction of sp³-hybridized carbons (Fsp3) is 0.929. The summed E-state index contributed by atoms with van der Waals surface area (Å²) in [5, 5.41) is 6.41. The van der Waals surface area contributed by atoms with Crippen LogP contribution in [-0.4, -0.2) is 83.6 Å². The monoisotopic (exact) mass is 477 g/mol. The predicted molar refractivity (Wildman–Crippen MR) is 109 cm³/mol. The summed E-state index contributed by atoms with van der Waals surface area (Å²) in [5.74, 6) is 0.760. The molecular formula is C14H32IN5O3S. The third-order valence-electron chi connectivity index (χ3n) is 3.90. The van der Waals surface area contributed by atoms with Gasteiger partial charge in [-0.25, -0.2) is 13.1 Å². The molecular weight excluding hydrogens is 445 g/mol. The Balaban J connectivity index is 0.00000529. The molecule has 1 saturated heterocycles. The molecule has 0 radical (unpaired) electrons. The maximum absolute atomic E-state index is 11.3. The van der Waals surface area contributed by atoms with Crippen LogP contribution < -0.4 is 15.4 Å². The molecule has 0 aromatic carbocycles. The molecule has 3 N–H and O–H groups in total. The Morgan fingerprint density at radius 2 is 1.83 bits per heavy atom. The van der Waals surface area contributed by atoms with Crippen molar-refractivity contribution in [1.82, 2.24) is 20.3 Å². The van der Waals surface area contributed by atoms with E-state index in [1.165, 1.54) is 0 Å². The number of hydrogen-bond donors (Lipinski definition) is 3. The van der Waals surface area contributed by atoms with Crippen molar-refractivity contribution in [3.05, 3.63) is 0 Å².